The SMILES string of the molecule is CCOC(=O)c1csc(C(CSCc2ccc(OC)cc2)N2C(=O)c3ccccc3C2=O)n1. The second kappa shape index (κ2) is 10.2. The maximum Gasteiger partial charge on any atom is 0.357 e. The van der Waals surface area contributed by atoms with Crippen molar-refractivity contribution in [2.24, 2.45) is 0 Å². The van der Waals surface area contributed by atoms with Crippen LogP contribution < -0.4 is 4.74 Å². The molecule has 33 heavy (non-hydrogen) atoms. The highest BCUT2D eigenvalue weighted by Crippen LogP contribution is 2.35. The van der Waals surface area contributed by atoms with Crippen LogP contribution in [0.2, 0.25) is 0 Å². The summed E-state index contributed by atoms with van der Waals surface area (Å²) in [5.41, 5.74) is 2.04. The molecule has 1 aromatic heterocycles. The molecule has 4 rings (SSSR count). The van der Waals surface area contributed by atoms with Crippen LogP contribution in [-0.2, 0) is 10.5 Å². The van der Waals surface area contributed by atoms with Crippen molar-refractivity contribution in [3.63, 3.8) is 0 Å². The van der Waals surface area contributed by atoms with Gasteiger partial charge in [-0.1, -0.05) is 24.3 Å². The van der Waals surface area contributed by atoms with Gasteiger partial charge in [-0.15, -0.1) is 11.3 Å². The van der Waals surface area contributed by atoms with Crippen LogP contribution >= 0.6 is 23.1 Å². The van der Waals surface area contributed by atoms with Crippen LogP contribution in [0.1, 0.15) is 54.7 Å². The molecule has 2 amide bonds. The van der Waals surface area contributed by atoms with Crippen LogP contribution in [0.3, 0.4) is 0 Å². The summed E-state index contributed by atoms with van der Waals surface area (Å²) in [5, 5.41) is 2.13. The number of carbonyl (C=O) groups excluding carboxylic acids is 3. The molecular weight excluding hydrogens is 460 g/mol. The van der Waals surface area contributed by atoms with Crippen molar-refractivity contribution in [1.29, 1.82) is 0 Å². The predicted molar refractivity (Wildman–Crippen MR) is 127 cm³/mol. The number of hydrogen-bond acceptors (Lipinski definition) is 8. The van der Waals surface area contributed by atoms with E-state index in [0.717, 1.165) is 11.3 Å². The number of methoxy groups -OCH3 is 1. The molecule has 0 aliphatic carbocycles. The number of amides is 2. The Hall–Kier alpha value is -3.17. The van der Waals surface area contributed by atoms with Gasteiger partial charge in [-0.2, -0.15) is 11.8 Å². The number of nitrogens with zero attached hydrogens (tertiary/aromatic N) is 2. The van der Waals surface area contributed by atoms with E-state index < -0.39 is 12.0 Å². The van der Waals surface area contributed by atoms with Gasteiger partial charge in [-0.3, -0.25) is 14.5 Å². The number of fused-ring (bicyclic) bond motifs is 1. The van der Waals surface area contributed by atoms with Crippen molar-refractivity contribution in [2.45, 2.75) is 18.7 Å². The van der Waals surface area contributed by atoms with E-state index in [1.165, 1.54) is 16.2 Å². The molecule has 9 heteroatoms. The molecule has 0 bridgehead atoms. The molecule has 0 fully saturated rings. The summed E-state index contributed by atoms with van der Waals surface area (Å²) < 4.78 is 10.2. The predicted octanol–water partition coefficient (Wildman–Crippen LogP) is 4.60. The van der Waals surface area contributed by atoms with Crippen LogP contribution in [-0.4, -0.2) is 47.1 Å². The first-order valence-corrected chi connectivity index (χ1v) is 12.4. The summed E-state index contributed by atoms with van der Waals surface area (Å²) in [6, 6.07) is 13.9. The molecule has 2 heterocycles. The van der Waals surface area contributed by atoms with E-state index in [0.29, 0.717) is 27.6 Å². The Morgan fingerprint density at radius 2 is 1.76 bits per heavy atom. The first kappa shape index (κ1) is 23.0. The molecule has 0 radical (unpaired) electrons. The highest BCUT2D eigenvalue weighted by atomic mass is 32.2. The fraction of sp³-hybridized carbons (Fsp3) is 0.250. The largest absolute Gasteiger partial charge is 0.497 e. The van der Waals surface area contributed by atoms with Crippen LogP contribution in [0.15, 0.2) is 53.9 Å². The van der Waals surface area contributed by atoms with Gasteiger partial charge in [-0.25, -0.2) is 9.78 Å². The second-order valence-corrected chi connectivity index (χ2v) is 9.12. The van der Waals surface area contributed by atoms with E-state index in [1.807, 2.05) is 24.3 Å². The second-order valence-electron chi connectivity index (χ2n) is 7.20. The highest BCUT2D eigenvalue weighted by Gasteiger charge is 2.41. The Bertz CT molecular complexity index is 1140. The fourth-order valence-corrected chi connectivity index (χ4v) is 5.56. The molecule has 0 spiro atoms. The summed E-state index contributed by atoms with van der Waals surface area (Å²) in [7, 11) is 1.62. The van der Waals surface area contributed by atoms with Gasteiger partial charge in [0.2, 0.25) is 0 Å². The molecule has 0 saturated heterocycles. The van der Waals surface area contributed by atoms with E-state index in [1.54, 1.807) is 55.4 Å². The zero-order valence-electron chi connectivity index (χ0n) is 18.1. The van der Waals surface area contributed by atoms with Crippen molar-refractivity contribution < 1.29 is 23.9 Å². The molecule has 1 unspecified atom stereocenters. The smallest absolute Gasteiger partial charge is 0.357 e. The van der Waals surface area contributed by atoms with Crippen LogP contribution in [0, 0.1) is 0 Å². The van der Waals surface area contributed by atoms with Crippen molar-refractivity contribution in [1.82, 2.24) is 9.88 Å². The van der Waals surface area contributed by atoms with Crippen LogP contribution in [0.5, 0.6) is 5.75 Å². The van der Waals surface area contributed by atoms with E-state index >= 15 is 0 Å². The number of imide groups is 1. The first-order valence-electron chi connectivity index (χ1n) is 10.3. The highest BCUT2D eigenvalue weighted by molar-refractivity contribution is 7.98. The normalized spacial score (nSPS) is 13.7. The monoisotopic (exact) mass is 482 g/mol. The third kappa shape index (κ3) is 4.79. The lowest BCUT2D eigenvalue weighted by Gasteiger charge is -2.24. The maximum atomic E-state index is 13.1. The molecule has 1 atom stereocenters. The van der Waals surface area contributed by atoms with Crippen molar-refractivity contribution >= 4 is 40.9 Å². The van der Waals surface area contributed by atoms with E-state index in [-0.39, 0.29) is 24.1 Å². The number of thiazole rings is 1. The number of benzene rings is 2. The van der Waals surface area contributed by atoms with Crippen LogP contribution in [0.25, 0.3) is 0 Å². The Morgan fingerprint density at radius 3 is 2.36 bits per heavy atom. The molecule has 1 aliphatic rings. The number of ether oxygens (including phenoxy) is 2. The Morgan fingerprint density at radius 1 is 1.09 bits per heavy atom. The lowest BCUT2D eigenvalue weighted by atomic mass is 10.1. The topological polar surface area (TPSA) is 85.8 Å². The lowest BCUT2D eigenvalue weighted by molar-refractivity contribution is 0.0520. The van der Waals surface area contributed by atoms with Gasteiger partial charge in [0.25, 0.3) is 11.8 Å². The molecular formula is C24H22N2O5S2. The zero-order chi connectivity index (χ0) is 23.4. The van der Waals surface area contributed by atoms with Crippen molar-refractivity contribution in [2.75, 3.05) is 19.5 Å². The number of hydrogen-bond donors (Lipinski definition) is 0. The molecule has 2 aromatic carbocycles. The summed E-state index contributed by atoms with van der Waals surface area (Å²) in [6.45, 7) is 1.97. The third-order valence-corrected chi connectivity index (χ3v) is 7.17. The maximum absolute atomic E-state index is 13.1. The van der Waals surface area contributed by atoms with Crippen molar-refractivity contribution in [3.05, 3.63) is 81.3 Å². The molecule has 3 aromatic rings. The van der Waals surface area contributed by atoms with Gasteiger partial charge < -0.3 is 9.47 Å². The quantitative estimate of drug-likeness (QED) is 0.325. The average Bonchev–Trinajstić information content (AvgIpc) is 3.42. The lowest BCUT2D eigenvalue weighted by Crippen LogP contribution is -2.35. The van der Waals surface area contributed by atoms with E-state index in [9.17, 15) is 14.4 Å². The van der Waals surface area contributed by atoms with Gasteiger partial charge in [-0.05, 0) is 36.8 Å². The third-order valence-electron chi connectivity index (χ3n) is 5.13. The summed E-state index contributed by atoms with van der Waals surface area (Å²) in [4.78, 5) is 44.1. The van der Waals surface area contributed by atoms with Crippen LogP contribution in [0.4, 0.5) is 0 Å². The van der Waals surface area contributed by atoms with E-state index in [4.69, 9.17) is 9.47 Å². The number of esters is 1. The Kier molecular flexibility index (Phi) is 7.10. The minimum Gasteiger partial charge on any atom is -0.497 e. The van der Waals surface area contributed by atoms with Gasteiger partial charge in [0, 0.05) is 16.9 Å². The Balaban J connectivity index is 1.58. The molecule has 0 saturated carbocycles. The molecule has 0 N–H and O–H groups in total. The molecule has 1 aliphatic heterocycles. The number of carbonyl (C=O) groups is 3. The average molecular weight is 483 g/mol. The van der Waals surface area contributed by atoms with Gasteiger partial charge >= 0.3 is 5.97 Å². The number of rotatable bonds is 9. The molecule has 7 nitrogen and oxygen atoms in total. The fourth-order valence-electron chi connectivity index (χ4n) is 3.50. The van der Waals surface area contributed by atoms with Gasteiger partial charge in [0.05, 0.1) is 24.8 Å². The summed E-state index contributed by atoms with van der Waals surface area (Å²) in [5.74, 6) is 0.679. The molecule has 170 valence electrons. The standard InChI is InChI=1S/C24H22N2O5S2/c1-3-31-24(29)19-13-33-21(25-19)20(14-32-12-15-8-10-16(30-2)11-9-15)26-22(27)17-6-4-5-7-18(17)23(26)28/h4-11,13,20H,3,12,14H2,1-2H3. The first-order chi connectivity index (χ1) is 16.0. The minimum atomic E-state index is -0.603. The summed E-state index contributed by atoms with van der Waals surface area (Å²) >= 11 is 2.83. The number of aromatic nitrogens is 1. The zero-order valence-corrected chi connectivity index (χ0v) is 19.8. The van der Waals surface area contributed by atoms with Gasteiger partial charge in [0.1, 0.15) is 16.8 Å². The number of thioether (sulfide) groups is 1. The van der Waals surface area contributed by atoms with Crippen molar-refractivity contribution in [3.8, 4) is 5.75 Å². The Labute approximate surface area is 199 Å². The van der Waals surface area contributed by atoms with E-state index in [2.05, 4.69) is 4.98 Å². The summed E-state index contributed by atoms with van der Waals surface area (Å²) in [6.07, 6.45) is 0. The van der Waals surface area contributed by atoms with Gasteiger partial charge in [0.15, 0.2) is 5.69 Å². The minimum absolute atomic E-state index is 0.179.